The third-order valence-corrected chi connectivity index (χ3v) is 5.26. The van der Waals surface area contributed by atoms with E-state index in [1.807, 2.05) is 0 Å². The molecule has 1 aromatic rings. The Labute approximate surface area is 175 Å². The number of carbonyl (C=O) groups excluding carboxylic acids is 3. The summed E-state index contributed by atoms with van der Waals surface area (Å²) in [7, 11) is 0. The number of Topliss-reactive ketones (excluding diaryl/α,β-unsaturated/α-hetero) is 1. The standard InChI is InChI=1S/C22H28O8/c1-11(2)29-20(24)18-14(23)9-22(5,26)19(21(25)30-12(3)4)17(18)13-6-7-15-16(8-13)28-10-27-15/h6-8,11-12,17-19,26H,9-10H2,1-5H3/t17-,18+,19-,22+/m1/s1. The molecule has 1 aliphatic carbocycles. The lowest BCUT2D eigenvalue weighted by Crippen LogP contribution is -2.55. The largest absolute Gasteiger partial charge is 0.463 e. The zero-order valence-electron chi connectivity index (χ0n) is 17.8. The van der Waals surface area contributed by atoms with Crippen LogP contribution in [0.1, 0.15) is 52.5 Å². The van der Waals surface area contributed by atoms with Crippen molar-refractivity contribution in [1.82, 2.24) is 0 Å². The Balaban J connectivity index is 2.12. The molecule has 0 amide bonds. The van der Waals surface area contributed by atoms with Crippen molar-refractivity contribution in [2.75, 3.05) is 6.79 Å². The molecular weight excluding hydrogens is 392 g/mol. The number of aliphatic hydroxyl groups is 1. The van der Waals surface area contributed by atoms with Gasteiger partial charge in [0.1, 0.15) is 5.92 Å². The summed E-state index contributed by atoms with van der Waals surface area (Å²) in [5.74, 6) is -4.30. The van der Waals surface area contributed by atoms with E-state index >= 15 is 0 Å². The lowest BCUT2D eigenvalue weighted by atomic mass is 9.61. The van der Waals surface area contributed by atoms with Crippen molar-refractivity contribution in [2.24, 2.45) is 11.8 Å². The number of ketones is 1. The average molecular weight is 420 g/mol. The summed E-state index contributed by atoms with van der Waals surface area (Å²) in [4.78, 5) is 38.9. The first-order chi connectivity index (χ1) is 14.0. The van der Waals surface area contributed by atoms with Gasteiger partial charge in [-0.2, -0.15) is 0 Å². The van der Waals surface area contributed by atoms with E-state index in [1.165, 1.54) is 6.92 Å². The van der Waals surface area contributed by atoms with E-state index in [0.717, 1.165) is 0 Å². The van der Waals surface area contributed by atoms with Crippen LogP contribution in [0, 0.1) is 11.8 Å². The Morgan fingerprint density at radius 3 is 2.30 bits per heavy atom. The first-order valence-electron chi connectivity index (χ1n) is 10.1. The van der Waals surface area contributed by atoms with Crippen LogP contribution in [0.2, 0.25) is 0 Å². The molecule has 0 unspecified atom stereocenters. The molecule has 0 bridgehead atoms. The highest BCUT2D eigenvalue weighted by Crippen LogP contribution is 2.48. The van der Waals surface area contributed by atoms with Crippen LogP contribution >= 0.6 is 0 Å². The van der Waals surface area contributed by atoms with Crippen molar-refractivity contribution in [3.63, 3.8) is 0 Å². The number of hydrogen-bond acceptors (Lipinski definition) is 8. The van der Waals surface area contributed by atoms with Crippen molar-refractivity contribution < 1.29 is 38.4 Å². The molecule has 4 atom stereocenters. The number of benzene rings is 1. The molecule has 1 saturated carbocycles. The van der Waals surface area contributed by atoms with Gasteiger partial charge in [0.15, 0.2) is 17.3 Å². The quantitative estimate of drug-likeness (QED) is 0.571. The van der Waals surface area contributed by atoms with Gasteiger partial charge in [-0.05, 0) is 52.3 Å². The van der Waals surface area contributed by atoms with Gasteiger partial charge < -0.3 is 24.1 Å². The highest BCUT2D eigenvalue weighted by molar-refractivity contribution is 6.02. The fourth-order valence-corrected chi connectivity index (χ4v) is 4.15. The van der Waals surface area contributed by atoms with Gasteiger partial charge in [-0.25, -0.2) is 0 Å². The number of rotatable bonds is 5. The van der Waals surface area contributed by atoms with Gasteiger partial charge in [-0.15, -0.1) is 0 Å². The predicted molar refractivity (Wildman–Crippen MR) is 105 cm³/mol. The Bertz CT molecular complexity index is 834. The molecule has 1 fully saturated rings. The molecule has 1 N–H and O–H groups in total. The SMILES string of the molecule is CC(C)OC(=O)[C@H]1C(=O)C[C@](C)(O)[C@@H](C(=O)OC(C)C)[C@@H]1c1ccc2c(c1)OCO2. The van der Waals surface area contributed by atoms with Gasteiger partial charge in [0.25, 0.3) is 0 Å². The summed E-state index contributed by atoms with van der Waals surface area (Å²) in [5, 5.41) is 11.1. The van der Waals surface area contributed by atoms with Gasteiger partial charge in [0, 0.05) is 12.3 Å². The second kappa shape index (κ2) is 8.26. The molecule has 1 heterocycles. The maximum Gasteiger partial charge on any atom is 0.317 e. The molecule has 2 aliphatic rings. The van der Waals surface area contributed by atoms with Crippen LogP contribution in [-0.2, 0) is 23.9 Å². The third-order valence-electron chi connectivity index (χ3n) is 5.26. The molecule has 1 aromatic carbocycles. The van der Waals surface area contributed by atoms with Crippen LogP contribution in [0.3, 0.4) is 0 Å². The predicted octanol–water partition coefficient (Wildman–Crippen LogP) is 2.36. The van der Waals surface area contributed by atoms with Gasteiger partial charge in [0.05, 0.1) is 23.7 Å². The summed E-state index contributed by atoms with van der Waals surface area (Å²) in [6, 6.07) is 4.95. The van der Waals surface area contributed by atoms with Gasteiger partial charge in [0.2, 0.25) is 6.79 Å². The third kappa shape index (κ3) is 4.28. The Hall–Kier alpha value is -2.61. The summed E-state index contributed by atoms with van der Waals surface area (Å²) >= 11 is 0. The zero-order chi connectivity index (χ0) is 22.2. The molecular formula is C22H28O8. The summed E-state index contributed by atoms with van der Waals surface area (Å²) in [5.41, 5.74) is -1.21. The van der Waals surface area contributed by atoms with E-state index in [0.29, 0.717) is 17.1 Å². The van der Waals surface area contributed by atoms with E-state index < -0.39 is 53.3 Å². The van der Waals surface area contributed by atoms with E-state index in [2.05, 4.69) is 0 Å². The number of fused-ring (bicyclic) bond motifs is 1. The normalized spacial score (nSPS) is 28.0. The van der Waals surface area contributed by atoms with Gasteiger partial charge >= 0.3 is 11.9 Å². The van der Waals surface area contributed by atoms with E-state index in [4.69, 9.17) is 18.9 Å². The smallest absolute Gasteiger partial charge is 0.317 e. The minimum atomic E-state index is -1.70. The summed E-state index contributed by atoms with van der Waals surface area (Å²) in [6.07, 6.45) is -1.22. The molecule has 1 aliphatic heterocycles. The molecule has 8 nitrogen and oxygen atoms in total. The molecule has 164 valence electrons. The Kier molecular flexibility index (Phi) is 6.08. The van der Waals surface area contributed by atoms with Gasteiger partial charge in [-0.3, -0.25) is 14.4 Å². The highest BCUT2D eigenvalue weighted by Gasteiger charge is 2.57. The number of carbonyl (C=O) groups is 3. The number of esters is 2. The fourth-order valence-electron chi connectivity index (χ4n) is 4.15. The van der Waals surface area contributed by atoms with Crippen LogP contribution in [0.5, 0.6) is 11.5 Å². The Morgan fingerprint density at radius 1 is 1.07 bits per heavy atom. The lowest BCUT2D eigenvalue weighted by Gasteiger charge is -2.44. The van der Waals surface area contributed by atoms with Crippen LogP contribution in [0.25, 0.3) is 0 Å². The van der Waals surface area contributed by atoms with Crippen molar-refractivity contribution >= 4 is 17.7 Å². The van der Waals surface area contributed by atoms with E-state index in [9.17, 15) is 19.5 Å². The topological polar surface area (TPSA) is 108 Å². The maximum atomic E-state index is 13.0. The summed E-state index contributed by atoms with van der Waals surface area (Å²) < 4.78 is 21.5. The molecule has 0 radical (unpaired) electrons. The number of ether oxygens (including phenoxy) is 4. The first kappa shape index (κ1) is 22.1. The maximum absolute atomic E-state index is 13.0. The summed E-state index contributed by atoms with van der Waals surface area (Å²) in [6.45, 7) is 8.23. The second-order valence-electron chi connectivity index (χ2n) is 8.57. The molecule has 0 aromatic heterocycles. The zero-order valence-corrected chi connectivity index (χ0v) is 17.8. The minimum absolute atomic E-state index is 0.0533. The molecule has 8 heteroatoms. The molecule has 30 heavy (non-hydrogen) atoms. The van der Waals surface area contributed by atoms with Gasteiger partial charge in [-0.1, -0.05) is 6.07 Å². The van der Waals surface area contributed by atoms with Crippen molar-refractivity contribution in [2.45, 2.75) is 64.8 Å². The van der Waals surface area contributed by atoms with Crippen LogP contribution in [0.4, 0.5) is 0 Å². The van der Waals surface area contributed by atoms with Crippen molar-refractivity contribution in [1.29, 1.82) is 0 Å². The molecule has 0 saturated heterocycles. The monoisotopic (exact) mass is 420 g/mol. The molecule has 3 rings (SSSR count). The van der Waals surface area contributed by atoms with E-state index in [-0.39, 0.29) is 13.2 Å². The van der Waals surface area contributed by atoms with Crippen LogP contribution in [0.15, 0.2) is 18.2 Å². The fraction of sp³-hybridized carbons (Fsp3) is 0.591. The Morgan fingerprint density at radius 2 is 1.67 bits per heavy atom. The van der Waals surface area contributed by atoms with Crippen molar-refractivity contribution in [3.05, 3.63) is 23.8 Å². The van der Waals surface area contributed by atoms with E-state index in [1.54, 1.807) is 45.9 Å². The number of hydrogen-bond donors (Lipinski definition) is 1. The minimum Gasteiger partial charge on any atom is -0.463 e. The van der Waals surface area contributed by atoms with Crippen molar-refractivity contribution in [3.8, 4) is 11.5 Å². The lowest BCUT2D eigenvalue weighted by molar-refractivity contribution is -0.176. The van der Waals surface area contributed by atoms with Crippen LogP contribution in [-0.4, -0.2) is 47.4 Å². The first-order valence-corrected chi connectivity index (χ1v) is 10.1. The average Bonchev–Trinajstić information content (AvgIpc) is 3.06. The second-order valence-corrected chi connectivity index (χ2v) is 8.57. The molecule has 0 spiro atoms. The highest BCUT2D eigenvalue weighted by atomic mass is 16.7. The van der Waals surface area contributed by atoms with Crippen LogP contribution < -0.4 is 9.47 Å².